The van der Waals surface area contributed by atoms with Gasteiger partial charge in [0, 0.05) is 5.92 Å². The zero-order chi connectivity index (χ0) is 17.9. The first-order valence-corrected chi connectivity index (χ1v) is 9.60. The molecule has 0 aliphatic heterocycles. The summed E-state index contributed by atoms with van der Waals surface area (Å²) in [6, 6.07) is 7.09. The molecule has 0 unspecified atom stereocenters. The molecule has 1 aliphatic rings. The summed E-state index contributed by atoms with van der Waals surface area (Å²) in [5.74, 6) is 0.148. The molecular weight excluding hydrogens is 350 g/mol. The number of hydrogen-bond acceptors (Lipinski definition) is 6. The smallest absolute Gasteiger partial charge is 0.261 e. The van der Waals surface area contributed by atoms with Crippen molar-refractivity contribution in [2.24, 2.45) is 0 Å². The Morgan fingerprint density at radius 3 is 2.85 bits per heavy atom. The van der Waals surface area contributed by atoms with E-state index < -0.39 is 0 Å². The van der Waals surface area contributed by atoms with Gasteiger partial charge in [0.2, 0.25) is 11.0 Å². The number of nitrogens with one attached hydrogen (secondary N) is 1. The fourth-order valence-corrected chi connectivity index (χ4v) is 4.26. The van der Waals surface area contributed by atoms with Gasteiger partial charge in [-0.2, -0.15) is 0 Å². The molecule has 0 saturated heterocycles. The van der Waals surface area contributed by atoms with E-state index in [1.54, 1.807) is 18.2 Å². The Hall–Kier alpha value is -2.61. The number of rotatable bonds is 4. The number of nitrogens with zero attached hydrogens (tertiary/aromatic N) is 4. The Morgan fingerprint density at radius 1 is 1.19 bits per heavy atom. The minimum Gasteiger partial charge on any atom is -0.299 e. The topological polar surface area (TPSA) is 89.8 Å². The molecule has 1 amide bonds. The lowest BCUT2D eigenvalue weighted by Crippen LogP contribution is -2.27. The SMILES string of the molecule is O=C(Cn1cnc2ccccc2c1=O)Nc1nnc(C2CCCCC2)s1. The van der Waals surface area contributed by atoms with Crippen LogP contribution in [0.3, 0.4) is 0 Å². The summed E-state index contributed by atoms with van der Waals surface area (Å²) in [5.41, 5.74) is 0.390. The molecule has 1 fully saturated rings. The molecule has 2 aromatic heterocycles. The number of para-hydroxylation sites is 1. The van der Waals surface area contributed by atoms with Gasteiger partial charge in [0.05, 0.1) is 17.2 Å². The molecule has 1 saturated carbocycles. The summed E-state index contributed by atoms with van der Waals surface area (Å²) >= 11 is 1.43. The maximum Gasteiger partial charge on any atom is 0.261 e. The minimum atomic E-state index is -0.310. The lowest BCUT2D eigenvalue weighted by molar-refractivity contribution is -0.116. The van der Waals surface area contributed by atoms with E-state index in [9.17, 15) is 9.59 Å². The number of benzene rings is 1. The van der Waals surface area contributed by atoms with Gasteiger partial charge in [0.1, 0.15) is 11.6 Å². The highest BCUT2D eigenvalue weighted by Gasteiger charge is 2.20. The zero-order valence-corrected chi connectivity index (χ0v) is 15.0. The molecule has 0 atom stereocenters. The van der Waals surface area contributed by atoms with Crippen molar-refractivity contribution in [1.82, 2.24) is 19.7 Å². The molecule has 1 N–H and O–H groups in total. The van der Waals surface area contributed by atoms with Gasteiger partial charge in [-0.3, -0.25) is 19.5 Å². The standard InChI is InChI=1S/C18H19N5O2S/c24-15(10-23-11-19-14-9-5-4-8-13(14)17(23)25)20-18-22-21-16(26-18)12-6-2-1-3-7-12/h4-5,8-9,11-12H,1-3,6-7,10H2,(H,20,22,24). The summed E-state index contributed by atoms with van der Waals surface area (Å²) < 4.78 is 1.31. The molecule has 7 nitrogen and oxygen atoms in total. The second kappa shape index (κ2) is 7.33. The fraction of sp³-hybridized carbons (Fsp3) is 0.389. The summed E-state index contributed by atoms with van der Waals surface area (Å²) in [6.45, 7) is -0.102. The minimum absolute atomic E-state index is 0.102. The maximum absolute atomic E-state index is 12.4. The highest BCUT2D eigenvalue weighted by molar-refractivity contribution is 7.15. The second-order valence-electron chi connectivity index (χ2n) is 6.52. The summed E-state index contributed by atoms with van der Waals surface area (Å²) in [4.78, 5) is 29.0. The first-order chi connectivity index (χ1) is 12.7. The van der Waals surface area contributed by atoms with Crippen LogP contribution in [0.2, 0.25) is 0 Å². The van der Waals surface area contributed by atoms with Crippen molar-refractivity contribution >= 4 is 33.3 Å². The molecule has 8 heteroatoms. The molecule has 3 aromatic rings. The zero-order valence-electron chi connectivity index (χ0n) is 14.2. The Balaban J connectivity index is 1.45. The third-order valence-electron chi connectivity index (χ3n) is 4.69. The number of fused-ring (bicyclic) bond motifs is 1. The van der Waals surface area contributed by atoms with Crippen LogP contribution in [0.5, 0.6) is 0 Å². The van der Waals surface area contributed by atoms with Crippen molar-refractivity contribution in [2.45, 2.75) is 44.6 Å². The van der Waals surface area contributed by atoms with Crippen LogP contribution in [0.25, 0.3) is 10.9 Å². The summed E-state index contributed by atoms with van der Waals surface area (Å²) in [5, 5.41) is 13.0. The van der Waals surface area contributed by atoms with Crippen LogP contribution in [0.15, 0.2) is 35.4 Å². The predicted molar refractivity (Wildman–Crippen MR) is 100 cm³/mol. The van der Waals surface area contributed by atoms with Gasteiger partial charge in [0.15, 0.2) is 0 Å². The van der Waals surface area contributed by atoms with Crippen molar-refractivity contribution in [1.29, 1.82) is 0 Å². The van der Waals surface area contributed by atoms with Crippen LogP contribution in [-0.4, -0.2) is 25.7 Å². The second-order valence-corrected chi connectivity index (χ2v) is 7.53. The van der Waals surface area contributed by atoms with Crippen LogP contribution < -0.4 is 10.9 Å². The van der Waals surface area contributed by atoms with Gasteiger partial charge in [-0.25, -0.2) is 4.98 Å². The summed E-state index contributed by atoms with van der Waals surface area (Å²) in [6.07, 6.45) is 7.42. The van der Waals surface area contributed by atoms with E-state index in [2.05, 4.69) is 20.5 Å². The Morgan fingerprint density at radius 2 is 2.00 bits per heavy atom. The number of carbonyl (C=O) groups is 1. The van der Waals surface area contributed by atoms with Crippen molar-refractivity contribution < 1.29 is 4.79 Å². The molecule has 2 heterocycles. The first kappa shape index (κ1) is 16.8. The highest BCUT2D eigenvalue weighted by Crippen LogP contribution is 2.35. The molecule has 26 heavy (non-hydrogen) atoms. The molecule has 1 aliphatic carbocycles. The van der Waals surface area contributed by atoms with Crippen LogP contribution >= 0.6 is 11.3 Å². The summed E-state index contributed by atoms with van der Waals surface area (Å²) in [7, 11) is 0. The Bertz CT molecular complexity index is 990. The van der Waals surface area contributed by atoms with Crippen molar-refractivity contribution in [3.05, 3.63) is 46.0 Å². The van der Waals surface area contributed by atoms with E-state index in [1.165, 1.54) is 41.5 Å². The van der Waals surface area contributed by atoms with Crippen LogP contribution in [0.1, 0.15) is 43.0 Å². The monoisotopic (exact) mass is 369 g/mol. The number of anilines is 1. The number of aromatic nitrogens is 4. The Kier molecular flexibility index (Phi) is 4.75. The molecule has 0 radical (unpaired) electrons. The largest absolute Gasteiger partial charge is 0.299 e. The van der Waals surface area contributed by atoms with E-state index in [0.29, 0.717) is 22.0 Å². The van der Waals surface area contributed by atoms with Gasteiger partial charge in [-0.1, -0.05) is 42.7 Å². The molecule has 134 valence electrons. The fourth-order valence-electron chi connectivity index (χ4n) is 3.33. The molecule has 1 aromatic carbocycles. The molecule has 4 rings (SSSR count). The van der Waals surface area contributed by atoms with Crippen LogP contribution in [-0.2, 0) is 11.3 Å². The van der Waals surface area contributed by atoms with Gasteiger partial charge in [-0.05, 0) is 25.0 Å². The van der Waals surface area contributed by atoms with E-state index in [-0.39, 0.29) is 18.0 Å². The third-order valence-corrected chi connectivity index (χ3v) is 5.69. The highest BCUT2D eigenvalue weighted by atomic mass is 32.1. The normalized spacial score (nSPS) is 15.2. The Labute approximate surface area is 154 Å². The van der Waals surface area contributed by atoms with Gasteiger partial charge in [0.25, 0.3) is 5.56 Å². The van der Waals surface area contributed by atoms with E-state index in [4.69, 9.17) is 0 Å². The number of amides is 1. The van der Waals surface area contributed by atoms with Crippen LogP contribution in [0.4, 0.5) is 5.13 Å². The predicted octanol–water partition coefficient (Wildman–Crippen LogP) is 2.93. The number of hydrogen-bond donors (Lipinski definition) is 1. The van der Waals surface area contributed by atoms with Gasteiger partial charge in [-0.15, -0.1) is 10.2 Å². The number of carbonyl (C=O) groups excluding carboxylic acids is 1. The van der Waals surface area contributed by atoms with Crippen molar-refractivity contribution in [3.63, 3.8) is 0 Å². The van der Waals surface area contributed by atoms with Crippen LogP contribution in [0, 0.1) is 0 Å². The molecule has 0 spiro atoms. The van der Waals surface area contributed by atoms with E-state index >= 15 is 0 Å². The molecular formula is C18H19N5O2S. The van der Waals surface area contributed by atoms with Crippen molar-refractivity contribution in [2.75, 3.05) is 5.32 Å². The molecule has 0 bridgehead atoms. The lowest BCUT2D eigenvalue weighted by Gasteiger charge is -2.18. The average molecular weight is 369 g/mol. The third kappa shape index (κ3) is 3.50. The quantitative estimate of drug-likeness (QED) is 0.764. The first-order valence-electron chi connectivity index (χ1n) is 8.78. The average Bonchev–Trinajstić information content (AvgIpc) is 3.13. The maximum atomic E-state index is 12.4. The lowest BCUT2D eigenvalue weighted by atomic mass is 9.90. The van der Waals surface area contributed by atoms with E-state index in [1.807, 2.05) is 6.07 Å². The van der Waals surface area contributed by atoms with E-state index in [0.717, 1.165) is 17.8 Å². The van der Waals surface area contributed by atoms with Crippen molar-refractivity contribution in [3.8, 4) is 0 Å². The van der Waals surface area contributed by atoms with Gasteiger partial charge >= 0.3 is 0 Å². The van der Waals surface area contributed by atoms with Gasteiger partial charge < -0.3 is 0 Å².